The van der Waals surface area contributed by atoms with Crippen LogP contribution in [0.15, 0.2) is 69.4 Å². The van der Waals surface area contributed by atoms with Gasteiger partial charge in [0.05, 0.1) is 28.1 Å². The lowest BCUT2D eigenvalue weighted by atomic mass is 10.1. The van der Waals surface area contributed by atoms with Gasteiger partial charge in [-0.25, -0.2) is 4.68 Å². The van der Waals surface area contributed by atoms with Crippen LogP contribution in [0.1, 0.15) is 27.2 Å². The van der Waals surface area contributed by atoms with Gasteiger partial charge in [-0.05, 0) is 29.8 Å². The molecule has 0 saturated carbocycles. The van der Waals surface area contributed by atoms with E-state index < -0.39 is 28.9 Å². The molecular formula is C23H14Cl2F3N5O2S. The van der Waals surface area contributed by atoms with Gasteiger partial charge in [0.2, 0.25) is 0 Å². The number of fused-ring (bicyclic) bond motifs is 1. The van der Waals surface area contributed by atoms with Crippen molar-refractivity contribution in [1.82, 2.24) is 24.9 Å². The molecule has 1 N–H and O–H groups in total. The van der Waals surface area contributed by atoms with Crippen LogP contribution in [0, 0.1) is 0 Å². The molecule has 0 aliphatic carbocycles. The number of hydrogen-bond donors (Lipinski definition) is 1. The zero-order valence-electron chi connectivity index (χ0n) is 18.0. The molecule has 1 aliphatic rings. The molecule has 1 aliphatic heterocycles. The smallest absolute Gasteiger partial charge is 0.330 e. The Morgan fingerprint density at radius 2 is 1.81 bits per heavy atom. The third-order valence-corrected chi connectivity index (χ3v) is 7.60. The standard InChI is InChI=1S/C23H14Cl2F3N5O2S/c24-14-4-2-5-15(25)20(14)36-17-9-18(23(26,27)28)30-21(34)19(17)22(35)32-10-12-3-1-6-16(13(12)11-32)33-8-7-29-31-33/h1-9H,10-11H2,(H,30,34). The molecule has 0 saturated heterocycles. The molecule has 0 radical (unpaired) electrons. The summed E-state index contributed by atoms with van der Waals surface area (Å²) in [4.78, 5) is 29.7. The van der Waals surface area contributed by atoms with E-state index in [1.165, 1.54) is 23.2 Å². The van der Waals surface area contributed by atoms with E-state index in [1.54, 1.807) is 28.0 Å². The number of pyridine rings is 1. The average Bonchev–Trinajstić information content (AvgIpc) is 3.50. The Balaban J connectivity index is 1.56. The molecule has 2 aromatic carbocycles. The van der Waals surface area contributed by atoms with Crippen molar-refractivity contribution in [2.24, 2.45) is 0 Å². The van der Waals surface area contributed by atoms with Crippen molar-refractivity contribution < 1.29 is 18.0 Å². The molecular weight excluding hydrogens is 538 g/mol. The Kier molecular flexibility index (Phi) is 6.31. The third-order valence-electron chi connectivity index (χ3n) is 5.56. The highest BCUT2D eigenvalue weighted by Crippen LogP contribution is 2.41. The molecule has 5 rings (SSSR count). The minimum absolute atomic E-state index is 0.127. The summed E-state index contributed by atoms with van der Waals surface area (Å²) in [6.07, 6.45) is -1.66. The number of rotatable bonds is 4. The van der Waals surface area contributed by atoms with Crippen LogP contribution >= 0.6 is 35.0 Å². The number of nitrogens with one attached hydrogen (secondary N) is 1. The van der Waals surface area contributed by atoms with Crippen molar-refractivity contribution in [2.75, 3.05) is 0 Å². The topological polar surface area (TPSA) is 83.9 Å². The number of nitrogens with zero attached hydrogens (tertiary/aromatic N) is 4. The maximum atomic E-state index is 13.6. The van der Waals surface area contributed by atoms with Gasteiger partial charge in [-0.3, -0.25) is 9.59 Å². The molecule has 7 nitrogen and oxygen atoms in total. The van der Waals surface area contributed by atoms with Crippen LogP contribution in [-0.2, 0) is 19.3 Å². The van der Waals surface area contributed by atoms with Gasteiger partial charge < -0.3 is 9.88 Å². The van der Waals surface area contributed by atoms with Crippen LogP contribution in [0.3, 0.4) is 0 Å². The molecule has 0 atom stereocenters. The molecule has 4 aromatic rings. The zero-order chi connectivity index (χ0) is 25.6. The van der Waals surface area contributed by atoms with E-state index in [9.17, 15) is 22.8 Å². The van der Waals surface area contributed by atoms with Gasteiger partial charge in [0.25, 0.3) is 11.5 Å². The molecule has 0 unspecified atom stereocenters. The predicted molar refractivity (Wildman–Crippen MR) is 128 cm³/mol. The third kappa shape index (κ3) is 4.49. The summed E-state index contributed by atoms with van der Waals surface area (Å²) in [6.45, 7) is 0.287. The lowest BCUT2D eigenvalue weighted by molar-refractivity contribution is -0.141. The van der Waals surface area contributed by atoms with Crippen LogP contribution < -0.4 is 5.56 Å². The molecule has 184 valence electrons. The number of carbonyl (C=O) groups is 1. The molecule has 1 amide bonds. The van der Waals surface area contributed by atoms with Crippen molar-refractivity contribution in [2.45, 2.75) is 29.1 Å². The predicted octanol–water partition coefficient (Wildman–Crippen LogP) is 5.59. The SMILES string of the molecule is O=C(c1c(Sc2c(Cl)cccc2Cl)cc(C(F)(F)F)[nH]c1=O)N1Cc2cccc(-n3ccnn3)c2C1. The number of alkyl halides is 3. The minimum atomic E-state index is -4.84. The second-order valence-electron chi connectivity index (χ2n) is 7.83. The number of carbonyl (C=O) groups excluding carboxylic acids is 1. The number of amides is 1. The molecule has 2 aromatic heterocycles. The van der Waals surface area contributed by atoms with Crippen LogP contribution in [0.2, 0.25) is 10.0 Å². The highest BCUT2D eigenvalue weighted by molar-refractivity contribution is 7.99. The average molecular weight is 552 g/mol. The van der Waals surface area contributed by atoms with Gasteiger partial charge in [-0.15, -0.1) is 5.10 Å². The van der Waals surface area contributed by atoms with Crippen molar-refractivity contribution in [3.05, 3.63) is 97.6 Å². The molecule has 36 heavy (non-hydrogen) atoms. The Morgan fingerprint density at radius 1 is 1.08 bits per heavy atom. The lowest BCUT2D eigenvalue weighted by Gasteiger charge is -2.19. The summed E-state index contributed by atoms with van der Waals surface area (Å²) in [6, 6.07) is 10.8. The first kappa shape index (κ1) is 24.4. The first-order valence-corrected chi connectivity index (χ1v) is 11.9. The van der Waals surface area contributed by atoms with E-state index in [2.05, 4.69) is 10.3 Å². The number of aromatic nitrogens is 4. The van der Waals surface area contributed by atoms with E-state index in [0.29, 0.717) is 5.69 Å². The quantitative estimate of drug-likeness (QED) is 0.357. The number of benzene rings is 2. The van der Waals surface area contributed by atoms with Crippen LogP contribution in [-0.4, -0.2) is 30.8 Å². The van der Waals surface area contributed by atoms with Gasteiger partial charge in [-0.1, -0.05) is 58.4 Å². The van der Waals surface area contributed by atoms with E-state index >= 15 is 0 Å². The van der Waals surface area contributed by atoms with Crippen molar-refractivity contribution in [1.29, 1.82) is 0 Å². The van der Waals surface area contributed by atoms with Gasteiger partial charge in [0.15, 0.2) is 0 Å². The van der Waals surface area contributed by atoms with E-state index in [1.807, 2.05) is 12.1 Å². The Bertz CT molecular complexity index is 1520. The summed E-state index contributed by atoms with van der Waals surface area (Å²) in [7, 11) is 0. The normalized spacial score (nSPS) is 13.2. The molecule has 3 heterocycles. The van der Waals surface area contributed by atoms with Gasteiger partial charge in [0, 0.05) is 28.4 Å². The van der Waals surface area contributed by atoms with Crippen LogP contribution in [0.4, 0.5) is 13.2 Å². The number of halogens is 5. The molecule has 0 bridgehead atoms. The van der Waals surface area contributed by atoms with Crippen LogP contribution in [0.25, 0.3) is 5.69 Å². The van der Waals surface area contributed by atoms with Crippen molar-refractivity contribution in [3.8, 4) is 5.69 Å². The summed E-state index contributed by atoms with van der Waals surface area (Å²) in [5.74, 6) is -0.726. The van der Waals surface area contributed by atoms with Gasteiger partial charge in [-0.2, -0.15) is 13.2 Å². The van der Waals surface area contributed by atoms with E-state index in [-0.39, 0.29) is 32.9 Å². The number of hydrogen-bond acceptors (Lipinski definition) is 5. The van der Waals surface area contributed by atoms with Gasteiger partial charge >= 0.3 is 6.18 Å². The summed E-state index contributed by atoms with van der Waals surface area (Å²) >= 11 is 13.2. The Labute approximate surface area is 215 Å². The first-order chi connectivity index (χ1) is 17.1. The second-order valence-corrected chi connectivity index (χ2v) is 9.69. The van der Waals surface area contributed by atoms with Crippen LogP contribution in [0.5, 0.6) is 0 Å². The molecule has 0 fully saturated rings. The van der Waals surface area contributed by atoms with Gasteiger partial charge in [0.1, 0.15) is 11.3 Å². The zero-order valence-corrected chi connectivity index (χ0v) is 20.3. The maximum absolute atomic E-state index is 13.6. The number of H-pyrrole nitrogens is 1. The molecule has 0 spiro atoms. The fourth-order valence-electron chi connectivity index (χ4n) is 3.92. The first-order valence-electron chi connectivity index (χ1n) is 10.4. The monoisotopic (exact) mass is 551 g/mol. The summed E-state index contributed by atoms with van der Waals surface area (Å²) < 4.78 is 42.0. The summed E-state index contributed by atoms with van der Waals surface area (Å²) in [5, 5.41) is 8.14. The lowest BCUT2D eigenvalue weighted by Crippen LogP contribution is -2.33. The second kappa shape index (κ2) is 9.30. The van der Waals surface area contributed by atoms with Crippen molar-refractivity contribution in [3.63, 3.8) is 0 Å². The van der Waals surface area contributed by atoms with Crippen molar-refractivity contribution >= 4 is 40.9 Å². The fourth-order valence-corrected chi connectivity index (χ4v) is 5.56. The summed E-state index contributed by atoms with van der Waals surface area (Å²) in [5.41, 5.74) is -0.551. The molecule has 13 heteroatoms. The highest BCUT2D eigenvalue weighted by atomic mass is 35.5. The minimum Gasteiger partial charge on any atom is -0.330 e. The number of aromatic amines is 1. The largest absolute Gasteiger partial charge is 0.431 e. The fraction of sp³-hybridized carbons (Fsp3) is 0.130. The Hall–Kier alpha value is -3.28. The Morgan fingerprint density at radius 3 is 2.47 bits per heavy atom. The maximum Gasteiger partial charge on any atom is 0.431 e. The van der Waals surface area contributed by atoms with E-state index in [4.69, 9.17) is 23.2 Å². The van der Waals surface area contributed by atoms with E-state index in [0.717, 1.165) is 29.0 Å². The highest BCUT2D eigenvalue weighted by Gasteiger charge is 2.36.